The molecule has 0 spiro atoms. The summed E-state index contributed by atoms with van der Waals surface area (Å²) in [5.41, 5.74) is 1.19. The number of carbonyl (C=O) groups excluding carboxylic acids is 2. The van der Waals surface area contributed by atoms with Gasteiger partial charge in [-0.15, -0.1) is 0 Å². The van der Waals surface area contributed by atoms with Gasteiger partial charge in [0.05, 0.1) is 6.54 Å². The number of hydrogen-bond donors (Lipinski definition) is 2. The summed E-state index contributed by atoms with van der Waals surface area (Å²) >= 11 is 1.44. The van der Waals surface area contributed by atoms with Gasteiger partial charge in [-0.3, -0.25) is 15.0 Å². The summed E-state index contributed by atoms with van der Waals surface area (Å²) in [6.07, 6.45) is 0. The second-order valence-electron chi connectivity index (χ2n) is 5.36. The minimum atomic E-state index is -0.394. The first-order valence-corrected chi connectivity index (χ1v) is 8.36. The zero-order chi connectivity index (χ0) is 17.1. The number of carbonyl (C=O) groups is 2. The molecular formula is C16H16N4O3S. The molecule has 1 aliphatic heterocycles. The lowest BCUT2D eigenvalue weighted by Gasteiger charge is -2.15. The normalized spacial score (nSPS) is 14.0. The van der Waals surface area contributed by atoms with Crippen LogP contribution in [0.1, 0.15) is 26.6 Å². The van der Waals surface area contributed by atoms with Gasteiger partial charge in [0, 0.05) is 29.6 Å². The van der Waals surface area contributed by atoms with Gasteiger partial charge in [-0.2, -0.15) is 0 Å². The van der Waals surface area contributed by atoms with Crippen LogP contribution in [0.5, 0.6) is 0 Å². The molecule has 8 heteroatoms. The summed E-state index contributed by atoms with van der Waals surface area (Å²) in [6, 6.07) is 8.28. The van der Waals surface area contributed by atoms with Crippen LogP contribution in [0, 0.1) is 12.3 Å². The van der Waals surface area contributed by atoms with E-state index in [0.29, 0.717) is 28.7 Å². The van der Waals surface area contributed by atoms with Gasteiger partial charge in [-0.1, -0.05) is 29.1 Å². The van der Waals surface area contributed by atoms with E-state index in [9.17, 15) is 9.59 Å². The average molecular weight is 344 g/mol. The first-order valence-electron chi connectivity index (χ1n) is 7.37. The highest BCUT2D eigenvalue weighted by Gasteiger charge is 2.21. The monoisotopic (exact) mass is 344 g/mol. The van der Waals surface area contributed by atoms with E-state index >= 15 is 0 Å². The van der Waals surface area contributed by atoms with Gasteiger partial charge >= 0.3 is 0 Å². The molecule has 2 aromatic rings. The Morgan fingerprint density at radius 3 is 2.92 bits per heavy atom. The Morgan fingerprint density at radius 2 is 2.25 bits per heavy atom. The third-order valence-corrected chi connectivity index (χ3v) is 4.44. The Morgan fingerprint density at radius 1 is 1.42 bits per heavy atom. The number of rotatable bonds is 5. The number of aryl methyl sites for hydroxylation is 1. The summed E-state index contributed by atoms with van der Waals surface area (Å²) in [7, 11) is 0. The molecule has 1 amide bonds. The molecule has 1 aromatic heterocycles. The number of ketones is 1. The van der Waals surface area contributed by atoms with Crippen molar-refractivity contribution in [3.8, 4) is 0 Å². The molecule has 2 N–H and O–H groups in total. The summed E-state index contributed by atoms with van der Waals surface area (Å²) in [5.74, 6) is 0.902. The maximum absolute atomic E-state index is 12.4. The first kappa shape index (κ1) is 16.3. The van der Waals surface area contributed by atoms with Crippen molar-refractivity contribution >= 4 is 34.3 Å². The molecule has 0 unspecified atom stereocenters. The summed E-state index contributed by atoms with van der Waals surface area (Å²) in [5, 5.41) is 14.5. The van der Waals surface area contributed by atoms with Crippen LogP contribution in [-0.2, 0) is 0 Å². The summed E-state index contributed by atoms with van der Waals surface area (Å²) in [4.78, 5) is 26.2. The van der Waals surface area contributed by atoms with E-state index in [1.807, 2.05) is 0 Å². The predicted octanol–water partition coefficient (Wildman–Crippen LogP) is 2.40. The second kappa shape index (κ2) is 6.88. The van der Waals surface area contributed by atoms with Gasteiger partial charge in [-0.25, -0.2) is 0 Å². The lowest BCUT2D eigenvalue weighted by molar-refractivity contribution is 0.0964. The number of hydrogen-bond acceptors (Lipinski definition) is 6. The van der Waals surface area contributed by atoms with E-state index in [0.717, 1.165) is 5.75 Å². The van der Waals surface area contributed by atoms with E-state index in [1.54, 1.807) is 42.2 Å². The van der Waals surface area contributed by atoms with Crippen LogP contribution in [0.4, 0.5) is 5.69 Å². The van der Waals surface area contributed by atoms with Gasteiger partial charge in [0.1, 0.15) is 5.76 Å². The molecule has 1 aromatic carbocycles. The topological polar surface area (TPSA) is 99.3 Å². The Bertz CT molecular complexity index is 802. The largest absolute Gasteiger partial charge is 0.361 e. The highest BCUT2D eigenvalue weighted by Crippen LogP contribution is 2.18. The Hall–Kier alpha value is -2.61. The number of anilines is 1. The van der Waals surface area contributed by atoms with E-state index in [2.05, 4.69) is 10.5 Å². The number of amides is 1. The van der Waals surface area contributed by atoms with Crippen molar-refractivity contribution in [1.29, 1.82) is 5.41 Å². The maximum atomic E-state index is 12.4. The number of Topliss-reactive ketones (excluding diaryl/α,β-unsaturated/α-hetero) is 1. The molecule has 24 heavy (non-hydrogen) atoms. The maximum Gasteiger partial charge on any atom is 0.277 e. The zero-order valence-electron chi connectivity index (χ0n) is 13.0. The second-order valence-corrected chi connectivity index (χ2v) is 6.44. The van der Waals surface area contributed by atoms with Crippen LogP contribution >= 0.6 is 11.8 Å². The van der Waals surface area contributed by atoms with Crippen molar-refractivity contribution in [1.82, 2.24) is 10.1 Å². The van der Waals surface area contributed by atoms with Crippen LogP contribution in [0.2, 0.25) is 0 Å². The fourth-order valence-electron chi connectivity index (χ4n) is 2.30. The number of aromatic nitrogens is 1. The minimum absolute atomic E-state index is 0.0874. The first-order chi connectivity index (χ1) is 11.5. The molecule has 0 bridgehead atoms. The molecule has 1 saturated heterocycles. The van der Waals surface area contributed by atoms with Crippen LogP contribution in [0.3, 0.4) is 0 Å². The number of nitrogens with one attached hydrogen (secondary N) is 2. The van der Waals surface area contributed by atoms with E-state index < -0.39 is 5.91 Å². The summed E-state index contributed by atoms with van der Waals surface area (Å²) in [6.45, 7) is 2.58. The van der Waals surface area contributed by atoms with Crippen LogP contribution < -0.4 is 5.32 Å². The highest BCUT2D eigenvalue weighted by molar-refractivity contribution is 8.14. The molecule has 1 aliphatic rings. The van der Waals surface area contributed by atoms with Gasteiger partial charge in [-0.05, 0) is 19.1 Å². The Labute approximate surface area is 142 Å². The number of benzene rings is 1. The standard InChI is InChI=1S/C16H16N4O3S/c1-10-7-13(19-23-10)15(22)18-12-4-2-3-11(8-12)14(21)9-20-5-6-24-16(20)17/h2-4,7-8,17H,5-6,9H2,1H3,(H,18,22). The molecule has 1 fully saturated rings. The molecule has 0 aliphatic carbocycles. The fourth-order valence-corrected chi connectivity index (χ4v) is 3.14. The van der Waals surface area contributed by atoms with Crippen molar-refractivity contribution in [3.05, 3.63) is 47.3 Å². The third-order valence-electron chi connectivity index (χ3n) is 3.52. The third kappa shape index (κ3) is 3.65. The Balaban J connectivity index is 1.68. The zero-order valence-corrected chi connectivity index (χ0v) is 13.9. The fraction of sp³-hybridized carbons (Fsp3) is 0.250. The molecule has 0 radical (unpaired) electrons. The van der Waals surface area contributed by atoms with Crippen LogP contribution in [0.25, 0.3) is 0 Å². The van der Waals surface area contributed by atoms with Crippen molar-refractivity contribution in [3.63, 3.8) is 0 Å². The van der Waals surface area contributed by atoms with E-state index in [1.165, 1.54) is 11.8 Å². The van der Waals surface area contributed by atoms with Gasteiger partial charge in [0.25, 0.3) is 5.91 Å². The van der Waals surface area contributed by atoms with Crippen molar-refractivity contribution < 1.29 is 14.1 Å². The van der Waals surface area contributed by atoms with Gasteiger partial charge < -0.3 is 14.7 Å². The Kier molecular flexibility index (Phi) is 4.66. The quantitative estimate of drug-likeness (QED) is 0.808. The molecule has 3 rings (SSSR count). The van der Waals surface area contributed by atoms with E-state index in [-0.39, 0.29) is 18.0 Å². The molecule has 124 valence electrons. The number of amidine groups is 1. The lowest BCUT2D eigenvalue weighted by atomic mass is 10.1. The molecule has 2 heterocycles. The number of thioether (sulfide) groups is 1. The van der Waals surface area contributed by atoms with Crippen molar-refractivity contribution in [2.75, 3.05) is 24.2 Å². The van der Waals surface area contributed by atoms with Crippen LogP contribution in [-0.4, -0.2) is 45.8 Å². The van der Waals surface area contributed by atoms with Gasteiger partial charge in [0.2, 0.25) is 0 Å². The molecule has 0 saturated carbocycles. The number of nitrogens with zero attached hydrogens (tertiary/aromatic N) is 2. The van der Waals surface area contributed by atoms with Crippen molar-refractivity contribution in [2.45, 2.75) is 6.92 Å². The lowest BCUT2D eigenvalue weighted by Crippen LogP contribution is -2.30. The SMILES string of the molecule is Cc1cc(C(=O)Nc2cccc(C(=O)CN3CCSC3=N)c2)no1. The summed E-state index contributed by atoms with van der Waals surface area (Å²) < 4.78 is 4.88. The van der Waals surface area contributed by atoms with Crippen LogP contribution in [0.15, 0.2) is 34.9 Å². The molecular weight excluding hydrogens is 328 g/mol. The average Bonchev–Trinajstić information content (AvgIpc) is 3.17. The van der Waals surface area contributed by atoms with Crippen molar-refractivity contribution in [2.24, 2.45) is 0 Å². The molecule has 0 atom stereocenters. The van der Waals surface area contributed by atoms with Gasteiger partial charge in [0.15, 0.2) is 16.6 Å². The smallest absolute Gasteiger partial charge is 0.277 e. The minimum Gasteiger partial charge on any atom is -0.361 e. The molecule has 7 nitrogen and oxygen atoms in total. The predicted molar refractivity (Wildman–Crippen MR) is 91.7 cm³/mol. The van der Waals surface area contributed by atoms with E-state index in [4.69, 9.17) is 9.93 Å². The highest BCUT2D eigenvalue weighted by atomic mass is 32.2.